The van der Waals surface area contributed by atoms with E-state index < -0.39 is 8.24 Å². The van der Waals surface area contributed by atoms with Crippen molar-refractivity contribution in [1.82, 2.24) is 0 Å². The fourth-order valence-corrected chi connectivity index (χ4v) is 9.19. The monoisotopic (exact) mass is 367 g/mol. The van der Waals surface area contributed by atoms with Crippen molar-refractivity contribution >= 4 is 24.3 Å². The largest absolute Gasteiger partial charge is 0.403 e. The van der Waals surface area contributed by atoms with Crippen LogP contribution >= 0.6 is 0 Å². The second-order valence-corrected chi connectivity index (χ2v) is 11.5. The van der Waals surface area contributed by atoms with Crippen molar-refractivity contribution in [2.45, 2.75) is 18.9 Å². The summed E-state index contributed by atoms with van der Waals surface area (Å²) in [6.07, 6.45) is 7.10. The molecule has 0 spiro atoms. The predicted molar refractivity (Wildman–Crippen MR) is 119 cm³/mol. The normalized spacial score (nSPS) is 19.0. The van der Waals surface area contributed by atoms with Crippen molar-refractivity contribution in [1.29, 1.82) is 0 Å². The lowest BCUT2D eigenvalue weighted by atomic mass is 10.2. The summed E-state index contributed by atoms with van der Waals surface area (Å²) in [5.74, 6) is 0. The van der Waals surface area contributed by atoms with Gasteiger partial charge in [-0.1, -0.05) is 110 Å². The molecule has 0 aliphatic heterocycles. The Morgan fingerprint density at radius 3 is 1.63 bits per heavy atom. The van der Waals surface area contributed by atoms with Crippen LogP contribution in [0.25, 0.3) is 0 Å². The maximum atomic E-state index is 4.07. The van der Waals surface area contributed by atoms with Gasteiger partial charge >= 0.3 is 0 Å². The fourth-order valence-electron chi connectivity index (χ4n) is 4.29. The van der Waals surface area contributed by atoms with Crippen molar-refractivity contribution in [2.75, 3.05) is 4.98 Å². The van der Waals surface area contributed by atoms with Crippen molar-refractivity contribution in [3.8, 4) is 0 Å². The second-order valence-electron chi connectivity index (χ2n) is 7.48. The summed E-state index contributed by atoms with van der Waals surface area (Å²) in [4.78, 5) is 4.07. The molecule has 0 radical (unpaired) electrons. The third kappa shape index (κ3) is 3.06. The third-order valence-electron chi connectivity index (χ3n) is 5.55. The Bertz CT molecular complexity index is 921. The number of nitrogens with one attached hydrogen (secondary N) is 1. The summed E-state index contributed by atoms with van der Waals surface area (Å²) in [7, 11) is -2.43. The lowest BCUT2D eigenvalue weighted by Gasteiger charge is -2.45. The molecule has 0 saturated carbocycles. The molecule has 1 N–H and O–H groups in total. The molecule has 1 atom stereocenters. The van der Waals surface area contributed by atoms with E-state index in [1.54, 1.807) is 0 Å². The fraction of sp³-hybridized carbons (Fsp3) is 0.120. The molecule has 0 fully saturated rings. The van der Waals surface area contributed by atoms with Gasteiger partial charge in [0.05, 0.1) is 0 Å². The van der Waals surface area contributed by atoms with Gasteiger partial charge < -0.3 is 4.98 Å². The average molecular weight is 368 g/mol. The Labute approximate surface area is 163 Å². The summed E-state index contributed by atoms with van der Waals surface area (Å²) >= 11 is 0. The zero-order chi connectivity index (χ0) is 18.7. The summed E-state index contributed by atoms with van der Waals surface area (Å²) in [5.41, 5.74) is 2.50. The van der Waals surface area contributed by atoms with E-state index in [1.807, 2.05) is 0 Å². The molecule has 0 aromatic heterocycles. The first-order valence-electron chi connectivity index (χ1n) is 9.47. The summed E-state index contributed by atoms with van der Waals surface area (Å²) < 4.78 is 0. The van der Waals surface area contributed by atoms with Gasteiger partial charge in [-0.3, -0.25) is 0 Å². The number of hydrogen-bond acceptors (Lipinski definition) is 1. The average Bonchev–Trinajstić information content (AvgIpc) is 3.08. The first-order chi connectivity index (χ1) is 13.1. The molecule has 3 aromatic carbocycles. The highest BCUT2D eigenvalue weighted by Gasteiger charge is 2.52. The van der Waals surface area contributed by atoms with Crippen LogP contribution in [-0.4, -0.2) is 8.24 Å². The standard InChI is InChI=1S/C25H25NSi/c1-21-18-19-25(2,20-21)27(23-14-8-4-9-15-23,24-16-10-5-11-17-24)26-22-12-6-3-7-13-22/h3-20,26H,1-2H3. The lowest BCUT2D eigenvalue weighted by molar-refractivity contribution is 0.936. The summed E-state index contributed by atoms with van der Waals surface area (Å²) in [6.45, 7) is 4.57. The SMILES string of the molecule is CC1=CC(C)([Si](Nc2ccccc2)(c2ccccc2)c2ccccc2)C=C1. The van der Waals surface area contributed by atoms with Crippen LogP contribution in [0.3, 0.4) is 0 Å². The minimum absolute atomic E-state index is 0.0738. The first kappa shape index (κ1) is 17.6. The van der Waals surface area contributed by atoms with E-state index in [2.05, 4.69) is 128 Å². The van der Waals surface area contributed by atoms with Crippen molar-refractivity contribution in [3.63, 3.8) is 0 Å². The van der Waals surface area contributed by atoms with E-state index in [1.165, 1.54) is 21.6 Å². The molecule has 3 aromatic rings. The Kier molecular flexibility index (Phi) is 4.59. The molecule has 27 heavy (non-hydrogen) atoms. The number of allylic oxidation sites excluding steroid dienone is 4. The van der Waals surface area contributed by atoms with Gasteiger partial charge in [-0.05, 0) is 29.4 Å². The van der Waals surface area contributed by atoms with Gasteiger partial charge in [-0.15, -0.1) is 0 Å². The van der Waals surface area contributed by atoms with E-state index in [-0.39, 0.29) is 5.04 Å². The maximum Gasteiger partial charge on any atom is 0.231 e. The predicted octanol–water partition coefficient (Wildman–Crippen LogP) is 5.13. The lowest BCUT2D eigenvalue weighted by Crippen LogP contribution is -2.70. The van der Waals surface area contributed by atoms with E-state index in [0.717, 1.165) is 0 Å². The zero-order valence-corrected chi connectivity index (χ0v) is 16.9. The minimum Gasteiger partial charge on any atom is -0.403 e. The van der Waals surface area contributed by atoms with Gasteiger partial charge in [-0.2, -0.15) is 0 Å². The van der Waals surface area contributed by atoms with Gasteiger partial charge in [0.2, 0.25) is 8.24 Å². The maximum absolute atomic E-state index is 4.07. The molecule has 1 nitrogen and oxygen atoms in total. The third-order valence-corrected chi connectivity index (χ3v) is 10.5. The second kappa shape index (κ2) is 7.05. The van der Waals surface area contributed by atoms with Crippen LogP contribution in [-0.2, 0) is 0 Å². The van der Waals surface area contributed by atoms with Crippen LogP contribution in [0.2, 0.25) is 5.04 Å². The topological polar surface area (TPSA) is 12.0 Å². The molecule has 2 heteroatoms. The molecule has 1 aliphatic rings. The molecule has 1 unspecified atom stereocenters. The van der Waals surface area contributed by atoms with E-state index in [0.29, 0.717) is 0 Å². The molecule has 1 aliphatic carbocycles. The number of anilines is 1. The number of rotatable bonds is 5. The van der Waals surface area contributed by atoms with Crippen molar-refractivity contribution in [2.24, 2.45) is 0 Å². The molecular weight excluding hydrogens is 342 g/mol. The molecular formula is C25H25NSi. The van der Waals surface area contributed by atoms with Crippen LogP contribution < -0.4 is 15.4 Å². The number of benzene rings is 3. The Hall–Kier alpha value is -2.84. The molecule has 4 rings (SSSR count). The summed E-state index contributed by atoms with van der Waals surface area (Å²) in [5, 5.41) is 2.70. The molecule has 0 bridgehead atoms. The first-order valence-corrected chi connectivity index (χ1v) is 11.5. The van der Waals surface area contributed by atoms with Crippen LogP contribution in [0.5, 0.6) is 0 Å². The highest BCUT2D eigenvalue weighted by molar-refractivity contribution is 7.07. The Morgan fingerprint density at radius 2 is 1.19 bits per heavy atom. The van der Waals surface area contributed by atoms with Gasteiger partial charge in [0.15, 0.2) is 0 Å². The Balaban J connectivity index is 2.02. The number of para-hydroxylation sites is 1. The van der Waals surface area contributed by atoms with Crippen LogP contribution in [0.1, 0.15) is 13.8 Å². The van der Waals surface area contributed by atoms with Crippen molar-refractivity contribution < 1.29 is 0 Å². The highest BCUT2D eigenvalue weighted by Crippen LogP contribution is 2.45. The van der Waals surface area contributed by atoms with E-state index in [9.17, 15) is 0 Å². The zero-order valence-electron chi connectivity index (χ0n) is 15.9. The van der Waals surface area contributed by atoms with Crippen LogP contribution in [0.4, 0.5) is 5.69 Å². The van der Waals surface area contributed by atoms with Crippen LogP contribution in [0, 0.1) is 0 Å². The minimum atomic E-state index is -2.43. The van der Waals surface area contributed by atoms with E-state index >= 15 is 0 Å². The van der Waals surface area contributed by atoms with Gasteiger partial charge in [0, 0.05) is 10.7 Å². The molecule has 0 heterocycles. The van der Waals surface area contributed by atoms with Gasteiger partial charge in [0.1, 0.15) is 0 Å². The van der Waals surface area contributed by atoms with Crippen molar-refractivity contribution in [3.05, 3.63) is 115 Å². The molecule has 0 saturated heterocycles. The Morgan fingerprint density at radius 1 is 0.704 bits per heavy atom. The van der Waals surface area contributed by atoms with Gasteiger partial charge in [0.25, 0.3) is 0 Å². The highest BCUT2D eigenvalue weighted by atomic mass is 28.3. The smallest absolute Gasteiger partial charge is 0.231 e. The van der Waals surface area contributed by atoms with Gasteiger partial charge in [-0.25, -0.2) is 0 Å². The number of hydrogen-bond donors (Lipinski definition) is 1. The molecule has 134 valence electrons. The van der Waals surface area contributed by atoms with Crippen LogP contribution in [0.15, 0.2) is 115 Å². The quantitative estimate of drug-likeness (QED) is 0.616. The summed E-state index contributed by atoms with van der Waals surface area (Å²) in [6, 6.07) is 32.6. The molecule has 0 amide bonds. The van der Waals surface area contributed by atoms with E-state index in [4.69, 9.17) is 0 Å².